The molecule has 0 aliphatic carbocycles. The van der Waals surface area contributed by atoms with Crippen LogP contribution in [-0.2, 0) is 6.54 Å². The van der Waals surface area contributed by atoms with E-state index in [9.17, 15) is 9.90 Å². The molecule has 1 amide bonds. The molecule has 1 aliphatic heterocycles. The number of β-amino-alcohol motifs (C(OH)–C–C–N with tert-alkyl or cyclic N) is 1. The molecule has 110 valence electrons. The van der Waals surface area contributed by atoms with E-state index in [0.717, 1.165) is 23.5 Å². The van der Waals surface area contributed by atoms with Gasteiger partial charge in [0.2, 0.25) is 0 Å². The second-order valence-electron chi connectivity index (χ2n) is 5.72. The fourth-order valence-corrected chi connectivity index (χ4v) is 2.82. The summed E-state index contributed by atoms with van der Waals surface area (Å²) in [5.74, 6) is 0.0210. The lowest BCUT2D eigenvalue weighted by atomic mass is 10.1. The van der Waals surface area contributed by atoms with Crippen molar-refractivity contribution in [1.29, 1.82) is 0 Å². The number of hydrogen-bond donors (Lipinski definition) is 1. The molecule has 1 aromatic carbocycles. The monoisotopic (exact) mass is 284 g/mol. The first-order chi connectivity index (χ1) is 10.1. The highest BCUT2D eigenvalue weighted by atomic mass is 16.3. The minimum Gasteiger partial charge on any atom is -0.389 e. The maximum atomic E-state index is 12.4. The summed E-state index contributed by atoms with van der Waals surface area (Å²) < 4.78 is 2.17. The van der Waals surface area contributed by atoms with Gasteiger partial charge >= 0.3 is 0 Å². The molecule has 0 unspecified atom stereocenters. The third kappa shape index (κ3) is 2.59. The van der Waals surface area contributed by atoms with E-state index in [0.29, 0.717) is 13.1 Å². The van der Waals surface area contributed by atoms with Crippen LogP contribution in [0.15, 0.2) is 36.4 Å². The van der Waals surface area contributed by atoms with E-state index < -0.39 is 0 Å². The van der Waals surface area contributed by atoms with Gasteiger partial charge in [0.25, 0.3) is 5.91 Å². The van der Waals surface area contributed by atoms with Crippen molar-refractivity contribution >= 4 is 5.91 Å². The van der Waals surface area contributed by atoms with Gasteiger partial charge < -0.3 is 14.6 Å². The first-order valence-electron chi connectivity index (χ1n) is 7.24. The van der Waals surface area contributed by atoms with Crippen LogP contribution in [0.25, 0.3) is 0 Å². The molecule has 1 N–H and O–H groups in total. The topological polar surface area (TPSA) is 45.5 Å². The number of aryl methyl sites for hydroxylation is 1. The van der Waals surface area contributed by atoms with Gasteiger partial charge in [-0.15, -0.1) is 0 Å². The molecule has 1 aliphatic rings. The molecule has 0 saturated carbocycles. The van der Waals surface area contributed by atoms with Gasteiger partial charge in [-0.3, -0.25) is 4.79 Å². The standard InChI is InChI=1S/C17H20N2O2/c1-12-8-16(17(21)18-10-15(20)11-18)13(2)19(12)9-14-6-4-3-5-7-14/h3-8,15,20H,9-11H2,1-2H3. The van der Waals surface area contributed by atoms with Crippen LogP contribution >= 0.6 is 0 Å². The number of aromatic nitrogens is 1. The maximum Gasteiger partial charge on any atom is 0.255 e. The number of carbonyl (C=O) groups excluding carboxylic acids is 1. The van der Waals surface area contributed by atoms with Crippen LogP contribution in [0.5, 0.6) is 0 Å². The molecule has 2 aromatic rings. The van der Waals surface area contributed by atoms with Crippen molar-refractivity contribution in [1.82, 2.24) is 9.47 Å². The van der Waals surface area contributed by atoms with Gasteiger partial charge in [0.1, 0.15) is 0 Å². The molecule has 1 fully saturated rings. The van der Waals surface area contributed by atoms with Crippen LogP contribution in [0.4, 0.5) is 0 Å². The lowest BCUT2D eigenvalue weighted by Crippen LogP contribution is -2.53. The molecule has 0 bridgehead atoms. The molecule has 4 heteroatoms. The van der Waals surface area contributed by atoms with Gasteiger partial charge in [0, 0.05) is 31.0 Å². The fraction of sp³-hybridized carbons (Fsp3) is 0.353. The van der Waals surface area contributed by atoms with E-state index in [1.54, 1.807) is 4.90 Å². The Balaban J connectivity index is 1.84. The van der Waals surface area contributed by atoms with E-state index in [4.69, 9.17) is 0 Å². The molecule has 1 aromatic heterocycles. The molecule has 3 rings (SSSR count). The summed E-state index contributed by atoms with van der Waals surface area (Å²) in [7, 11) is 0. The van der Waals surface area contributed by atoms with Gasteiger partial charge in [0.15, 0.2) is 0 Å². The minimum absolute atomic E-state index is 0.0210. The van der Waals surface area contributed by atoms with Crippen molar-refractivity contribution in [3.8, 4) is 0 Å². The van der Waals surface area contributed by atoms with Crippen molar-refractivity contribution in [3.63, 3.8) is 0 Å². The number of nitrogens with zero attached hydrogens (tertiary/aromatic N) is 2. The summed E-state index contributed by atoms with van der Waals surface area (Å²) in [5, 5.41) is 9.34. The highest BCUT2D eigenvalue weighted by Gasteiger charge is 2.31. The van der Waals surface area contributed by atoms with E-state index in [2.05, 4.69) is 16.7 Å². The Morgan fingerprint density at radius 1 is 1.24 bits per heavy atom. The van der Waals surface area contributed by atoms with Crippen LogP contribution in [0.3, 0.4) is 0 Å². The molecule has 2 heterocycles. The van der Waals surface area contributed by atoms with Gasteiger partial charge in [-0.1, -0.05) is 30.3 Å². The highest BCUT2D eigenvalue weighted by molar-refractivity contribution is 5.96. The Labute approximate surface area is 124 Å². The third-order valence-corrected chi connectivity index (χ3v) is 4.14. The summed E-state index contributed by atoms with van der Waals surface area (Å²) in [6, 6.07) is 12.2. The normalized spacial score (nSPS) is 15.1. The molecule has 1 saturated heterocycles. The van der Waals surface area contributed by atoms with E-state index in [1.807, 2.05) is 38.1 Å². The lowest BCUT2D eigenvalue weighted by molar-refractivity contribution is 0.00583. The highest BCUT2D eigenvalue weighted by Crippen LogP contribution is 2.21. The number of likely N-dealkylation sites (tertiary alicyclic amines) is 1. The number of benzene rings is 1. The number of hydrogen-bond acceptors (Lipinski definition) is 2. The number of aliphatic hydroxyl groups excluding tert-OH is 1. The van der Waals surface area contributed by atoms with Gasteiger partial charge in [-0.05, 0) is 25.5 Å². The van der Waals surface area contributed by atoms with Crippen molar-refractivity contribution in [2.75, 3.05) is 13.1 Å². The van der Waals surface area contributed by atoms with E-state index in [1.165, 1.54) is 5.56 Å². The van der Waals surface area contributed by atoms with Crippen molar-refractivity contribution in [3.05, 3.63) is 58.9 Å². The second-order valence-corrected chi connectivity index (χ2v) is 5.72. The third-order valence-electron chi connectivity index (χ3n) is 4.14. The average molecular weight is 284 g/mol. The fourth-order valence-electron chi connectivity index (χ4n) is 2.82. The Morgan fingerprint density at radius 2 is 1.90 bits per heavy atom. The first-order valence-corrected chi connectivity index (χ1v) is 7.24. The molecule has 0 spiro atoms. The van der Waals surface area contributed by atoms with E-state index in [-0.39, 0.29) is 12.0 Å². The molecule has 4 nitrogen and oxygen atoms in total. The predicted octanol–water partition coefficient (Wildman–Crippen LogP) is 1.97. The molecular weight excluding hydrogens is 264 g/mol. The zero-order valence-corrected chi connectivity index (χ0v) is 12.4. The van der Waals surface area contributed by atoms with Crippen LogP contribution in [0.1, 0.15) is 27.3 Å². The number of amides is 1. The van der Waals surface area contributed by atoms with E-state index >= 15 is 0 Å². The van der Waals surface area contributed by atoms with Crippen molar-refractivity contribution in [2.24, 2.45) is 0 Å². The van der Waals surface area contributed by atoms with Gasteiger partial charge in [0.05, 0.1) is 11.7 Å². The van der Waals surface area contributed by atoms with Crippen molar-refractivity contribution in [2.45, 2.75) is 26.5 Å². The van der Waals surface area contributed by atoms with Crippen LogP contribution < -0.4 is 0 Å². The quantitative estimate of drug-likeness (QED) is 0.936. The summed E-state index contributed by atoms with van der Waals surface area (Å²) in [5.41, 5.74) is 4.04. The van der Waals surface area contributed by atoms with Crippen LogP contribution in [0, 0.1) is 13.8 Å². The van der Waals surface area contributed by atoms with Crippen molar-refractivity contribution < 1.29 is 9.90 Å². The Hall–Kier alpha value is -2.07. The average Bonchev–Trinajstić information content (AvgIpc) is 2.72. The van der Waals surface area contributed by atoms with Crippen LogP contribution in [-0.4, -0.2) is 39.7 Å². The Morgan fingerprint density at radius 3 is 2.52 bits per heavy atom. The Kier molecular flexibility index (Phi) is 3.55. The first kappa shape index (κ1) is 13.9. The second kappa shape index (κ2) is 5.37. The molecule has 21 heavy (non-hydrogen) atoms. The summed E-state index contributed by atoms with van der Waals surface area (Å²) >= 11 is 0. The smallest absolute Gasteiger partial charge is 0.255 e. The summed E-state index contributed by atoms with van der Waals surface area (Å²) in [6.45, 7) is 5.67. The Bertz CT molecular complexity index is 655. The van der Waals surface area contributed by atoms with Crippen LogP contribution in [0.2, 0.25) is 0 Å². The molecule has 0 radical (unpaired) electrons. The predicted molar refractivity (Wildman–Crippen MR) is 81.4 cm³/mol. The zero-order valence-electron chi connectivity index (χ0n) is 12.4. The zero-order chi connectivity index (χ0) is 15.0. The van der Waals surface area contributed by atoms with Gasteiger partial charge in [-0.2, -0.15) is 0 Å². The number of carbonyl (C=O) groups is 1. The maximum absolute atomic E-state index is 12.4. The number of rotatable bonds is 3. The summed E-state index contributed by atoms with van der Waals surface area (Å²) in [4.78, 5) is 14.1. The summed E-state index contributed by atoms with van der Waals surface area (Å²) in [6.07, 6.45) is -0.359. The minimum atomic E-state index is -0.359. The lowest BCUT2D eigenvalue weighted by Gasteiger charge is -2.35. The SMILES string of the molecule is Cc1cc(C(=O)N2CC(O)C2)c(C)n1Cc1ccccc1. The molecular formula is C17H20N2O2. The number of aliphatic hydroxyl groups is 1. The molecule has 0 atom stereocenters. The van der Waals surface area contributed by atoms with Gasteiger partial charge in [-0.25, -0.2) is 0 Å². The largest absolute Gasteiger partial charge is 0.389 e.